The van der Waals surface area contributed by atoms with E-state index in [0.717, 1.165) is 12.8 Å². The Bertz CT molecular complexity index is 253. The van der Waals surface area contributed by atoms with E-state index in [1.807, 2.05) is 24.3 Å². The molecule has 76 valence electrons. The van der Waals surface area contributed by atoms with Crippen LogP contribution in [0.2, 0.25) is 0 Å². The summed E-state index contributed by atoms with van der Waals surface area (Å²) >= 11 is 0. The van der Waals surface area contributed by atoms with Crippen molar-refractivity contribution in [3.63, 3.8) is 0 Å². The molecule has 1 unspecified atom stereocenters. The summed E-state index contributed by atoms with van der Waals surface area (Å²) in [5.74, 6) is 0. The van der Waals surface area contributed by atoms with Gasteiger partial charge < -0.3 is 5.73 Å². The normalized spacial score (nSPS) is 12.4. The van der Waals surface area contributed by atoms with Gasteiger partial charge in [-0.2, -0.15) is 0 Å². The number of benzene rings is 1. The molecule has 0 radical (unpaired) electrons. The first-order chi connectivity index (χ1) is 6.84. The summed E-state index contributed by atoms with van der Waals surface area (Å²) in [6, 6.07) is 10.5. The smallest absolute Gasteiger partial charge is 0.0294 e. The second-order valence-electron chi connectivity index (χ2n) is 3.59. The topological polar surface area (TPSA) is 26.0 Å². The Kier molecular flexibility index (Phi) is 5.02. The zero-order valence-corrected chi connectivity index (χ0v) is 8.65. The van der Waals surface area contributed by atoms with Crippen LogP contribution in [-0.2, 0) is 0 Å². The van der Waals surface area contributed by atoms with Crippen LogP contribution in [0.1, 0.15) is 37.3 Å². The summed E-state index contributed by atoms with van der Waals surface area (Å²) in [4.78, 5) is 0. The minimum absolute atomic E-state index is 0.195. The van der Waals surface area contributed by atoms with Crippen molar-refractivity contribution in [1.82, 2.24) is 0 Å². The standard InChI is InChI=1S/C13H19N/c1-2-3-4-8-11-13(14)12-9-6-5-7-10-12/h2,5-7,9-10,13H,1,3-4,8,11,14H2. The fraction of sp³-hybridized carbons (Fsp3) is 0.385. The second-order valence-corrected chi connectivity index (χ2v) is 3.59. The highest BCUT2D eigenvalue weighted by Crippen LogP contribution is 2.16. The zero-order chi connectivity index (χ0) is 10.2. The molecule has 14 heavy (non-hydrogen) atoms. The highest BCUT2D eigenvalue weighted by molar-refractivity contribution is 5.18. The molecule has 0 aliphatic carbocycles. The van der Waals surface area contributed by atoms with Gasteiger partial charge in [-0.15, -0.1) is 6.58 Å². The van der Waals surface area contributed by atoms with Crippen LogP contribution in [0.3, 0.4) is 0 Å². The Hall–Kier alpha value is -1.08. The maximum atomic E-state index is 6.05. The average Bonchev–Trinajstić information content (AvgIpc) is 2.25. The van der Waals surface area contributed by atoms with Crippen LogP contribution < -0.4 is 5.73 Å². The molecule has 0 saturated heterocycles. The van der Waals surface area contributed by atoms with Crippen molar-refractivity contribution in [3.05, 3.63) is 48.6 Å². The maximum Gasteiger partial charge on any atom is 0.0294 e. The van der Waals surface area contributed by atoms with E-state index >= 15 is 0 Å². The molecule has 1 aromatic carbocycles. The molecule has 0 spiro atoms. The molecule has 0 bridgehead atoms. The second kappa shape index (κ2) is 6.39. The fourth-order valence-electron chi connectivity index (χ4n) is 1.52. The first kappa shape index (κ1) is 11.0. The van der Waals surface area contributed by atoms with E-state index in [-0.39, 0.29) is 6.04 Å². The molecule has 0 saturated carbocycles. The van der Waals surface area contributed by atoms with Gasteiger partial charge in [0, 0.05) is 6.04 Å². The van der Waals surface area contributed by atoms with Crippen molar-refractivity contribution in [2.75, 3.05) is 0 Å². The third-order valence-electron chi connectivity index (χ3n) is 2.40. The molecule has 0 fully saturated rings. The van der Waals surface area contributed by atoms with Crippen LogP contribution >= 0.6 is 0 Å². The predicted octanol–water partition coefficient (Wildman–Crippen LogP) is 3.43. The van der Waals surface area contributed by atoms with E-state index < -0.39 is 0 Å². The van der Waals surface area contributed by atoms with Gasteiger partial charge in [0.25, 0.3) is 0 Å². The molecule has 1 heteroatoms. The number of allylic oxidation sites excluding steroid dienone is 1. The lowest BCUT2D eigenvalue weighted by Crippen LogP contribution is -2.09. The Morgan fingerprint density at radius 2 is 1.93 bits per heavy atom. The van der Waals surface area contributed by atoms with Crippen LogP contribution in [0.25, 0.3) is 0 Å². The summed E-state index contributed by atoms with van der Waals surface area (Å²) in [6.45, 7) is 3.70. The van der Waals surface area contributed by atoms with E-state index in [1.165, 1.54) is 18.4 Å². The summed E-state index contributed by atoms with van der Waals surface area (Å²) < 4.78 is 0. The average molecular weight is 189 g/mol. The molecule has 0 aliphatic rings. The minimum atomic E-state index is 0.195. The largest absolute Gasteiger partial charge is 0.324 e. The molecule has 1 aromatic rings. The first-order valence-corrected chi connectivity index (χ1v) is 5.26. The van der Waals surface area contributed by atoms with Crippen LogP contribution in [0, 0.1) is 0 Å². The summed E-state index contributed by atoms with van der Waals surface area (Å²) in [5.41, 5.74) is 7.29. The molecule has 1 nitrogen and oxygen atoms in total. The van der Waals surface area contributed by atoms with Crippen molar-refractivity contribution >= 4 is 0 Å². The molecule has 0 aromatic heterocycles. The van der Waals surface area contributed by atoms with E-state index in [9.17, 15) is 0 Å². The first-order valence-electron chi connectivity index (χ1n) is 5.26. The molecular formula is C13H19N. The summed E-state index contributed by atoms with van der Waals surface area (Å²) in [7, 11) is 0. The lowest BCUT2D eigenvalue weighted by atomic mass is 10.0. The van der Waals surface area contributed by atoms with Crippen LogP contribution in [0.4, 0.5) is 0 Å². The van der Waals surface area contributed by atoms with Crippen molar-refractivity contribution in [3.8, 4) is 0 Å². The number of unbranched alkanes of at least 4 members (excludes halogenated alkanes) is 2. The van der Waals surface area contributed by atoms with Gasteiger partial charge in [-0.05, 0) is 24.8 Å². The fourth-order valence-corrected chi connectivity index (χ4v) is 1.52. The number of rotatable bonds is 6. The Morgan fingerprint density at radius 3 is 2.57 bits per heavy atom. The summed E-state index contributed by atoms with van der Waals surface area (Å²) in [5, 5.41) is 0. The minimum Gasteiger partial charge on any atom is -0.324 e. The quantitative estimate of drug-likeness (QED) is 0.538. The van der Waals surface area contributed by atoms with Gasteiger partial charge in [-0.25, -0.2) is 0 Å². The van der Waals surface area contributed by atoms with Gasteiger partial charge in [0.15, 0.2) is 0 Å². The van der Waals surface area contributed by atoms with Crippen molar-refractivity contribution < 1.29 is 0 Å². The van der Waals surface area contributed by atoms with Gasteiger partial charge in [0.2, 0.25) is 0 Å². The third kappa shape index (κ3) is 3.75. The Morgan fingerprint density at radius 1 is 1.21 bits per heavy atom. The highest BCUT2D eigenvalue weighted by atomic mass is 14.6. The zero-order valence-electron chi connectivity index (χ0n) is 8.65. The molecule has 0 amide bonds. The van der Waals surface area contributed by atoms with E-state index in [1.54, 1.807) is 0 Å². The lowest BCUT2D eigenvalue weighted by molar-refractivity contribution is 0.590. The molecule has 0 heterocycles. The number of nitrogens with two attached hydrogens (primary N) is 1. The highest BCUT2D eigenvalue weighted by Gasteiger charge is 2.03. The Balaban J connectivity index is 2.28. The van der Waals surface area contributed by atoms with Crippen molar-refractivity contribution in [2.24, 2.45) is 5.73 Å². The molecular weight excluding hydrogens is 170 g/mol. The molecule has 1 atom stereocenters. The number of hydrogen-bond acceptors (Lipinski definition) is 1. The van der Waals surface area contributed by atoms with Crippen molar-refractivity contribution in [1.29, 1.82) is 0 Å². The lowest BCUT2D eigenvalue weighted by Gasteiger charge is -2.10. The monoisotopic (exact) mass is 189 g/mol. The van der Waals surface area contributed by atoms with Gasteiger partial charge in [-0.3, -0.25) is 0 Å². The van der Waals surface area contributed by atoms with Gasteiger partial charge >= 0.3 is 0 Å². The SMILES string of the molecule is C=CCCCCC(N)c1ccccc1. The van der Waals surface area contributed by atoms with Gasteiger partial charge in [0.1, 0.15) is 0 Å². The molecule has 2 N–H and O–H groups in total. The van der Waals surface area contributed by atoms with Crippen molar-refractivity contribution in [2.45, 2.75) is 31.7 Å². The van der Waals surface area contributed by atoms with E-state index in [0.29, 0.717) is 0 Å². The molecule has 0 aliphatic heterocycles. The van der Waals surface area contributed by atoms with Gasteiger partial charge in [0.05, 0.1) is 0 Å². The third-order valence-corrected chi connectivity index (χ3v) is 2.40. The maximum absolute atomic E-state index is 6.05. The number of hydrogen-bond donors (Lipinski definition) is 1. The van der Waals surface area contributed by atoms with Gasteiger partial charge in [-0.1, -0.05) is 42.8 Å². The summed E-state index contributed by atoms with van der Waals surface area (Å²) in [6.07, 6.45) is 6.51. The van der Waals surface area contributed by atoms with E-state index in [2.05, 4.69) is 18.7 Å². The Labute approximate surface area is 86.6 Å². The van der Waals surface area contributed by atoms with E-state index in [4.69, 9.17) is 5.73 Å². The predicted molar refractivity (Wildman–Crippen MR) is 62.0 cm³/mol. The molecule has 1 rings (SSSR count). The van der Waals surface area contributed by atoms with Crippen LogP contribution in [0.5, 0.6) is 0 Å². The van der Waals surface area contributed by atoms with Crippen LogP contribution in [0.15, 0.2) is 43.0 Å². The van der Waals surface area contributed by atoms with Crippen LogP contribution in [-0.4, -0.2) is 0 Å².